The van der Waals surface area contributed by atoms with Crippen LogP contribution in [0, 0.1) is 5.92 Å². The van der Waals surface area contributed by atoms with Crippen LogP contribution in [0.15, 0.2) is 24.3 Å². The van der Waals surface area contributed by atoms with E-state index in [1.165, 1.54) is 20.0 Å². The predicted octanol–water partition coefficient (Wildman–Crippen LogP) is 1.85. The fourth-order valence-electron chi connectivity index (χ4n) is 2.09. The number of carbonyl (C=O) groups excluding carboxylic acids is 1. The smallest absolute Gasteiger partial charge is 0.337 e. The van der Waals surface area contributed by atoms with Gasteiger partial charge in [0.1, 0.15) is 5.75 Å². The first kappa shape index (κ1) is 12.9. The quantitative estimate of drug-likeness (QED) is 0.827. The molecule has 0 aliphatic carbocycles. The molecular formula is C14H19NO3. The molecule has 1 aromatic rings. The fraction of sp³-hybridized carbons (Fsp3) is 0.500. The molecule has 1 heterocycles. The van der Waals surface area contributed by atoms with E-state index in [0.29, 0.717) is 11.5 Å². The zero-order valence-corrected chi connectivity index (χ0v) is 10.6. The summed E-state index contributed by atoms with van der Waals surface area (Å²) in [5.41, 5.74) is 0.546. The summed E-state index contributed by atoms with van der Waals surface area (Å²) < 4.78 is 10.4. The van der Waals surface area contributed by atoms with Gasteiger partial charge in [0.05, 0.1) is 19.3 Å². The number of methoxy groups -OCH3 is 1. The highest BCUT2D eigenvalue weighted by molar-refractivity contribution is 5.89. The average Bonchev–Trinajstić information content (AvgIpc) is 2.46. The summed E-state index contributed by atoms with van der Waals surface area (Å²) in [6.07, 6.45) is 2.43. The average molecular weight is 249 g/mol. The summed E-state index contributed by atoms with van der Waals surface area (Å²) >= 11 is 0. The number of hydrogen-bond donors (Lipinski definition) is 1. The van der Waals surface area contributed by atoms with E-state index in [9.17, 15) is 4.79 Å². The Labute approximate surface area is 107 Å². The maximum absolute atomic E-state index is 11.3. The molecule has 4 nitrogen and oxygen atoms in total. The van der Waals surface area contributed by atoms with Crippen molar-refractivity contribution in [3.05, 3.63) is 29.8 Å². The first-order valence-corrected chi connectivity index (χ1v) is 6.31. The summed E-state index contributed by atoms with van der Waals surface area (Å²) in [6, 6.07) is 7.06. The van der Waals surface area contributed by atoms with Crippen LogP contribution in [-0.4, -0.2) is 32.8 Å². The molecule has 1 aliphatic heterocycles. The number of carbonyl (C=O) groups is 1. The van der Waals surface area contributed by atoms with E-state index in [-0.39, 0.29) is 5.97 Å². The van der Waals surface area contributed by atoms with Crippen molar-refractivity contribution in [2.45, 2.75) is 12.8 Å². The van der Waals surface area contributed by atoms with Crippen LogP contribution in [-0.2, 0) is 4.74 Å². The van der Waals surface area contributed by atoms with Crippen LogP contribution >= 0.6 is 0 Å². The van der Waals surface area contributed by atoms with Crippen molar-refractivity contribution in [1.82, 2.24) is 5.32 Å². The normalized spacial score (nSPS) is 19.3. The number of rotatable bonds is 4. The lowest BCUT2D eigenvalue weighted by Gasteiger charge is -2.22. The third-order valence-electron chi connectivity index (χ3n) is 3.16. The van der Waals surface area contributed by atoms with Crippen molar-refractivity contribution in [1.29, 1.82) is 0 Å². The highest BCUT2D eigenvalue weighted by Crippen LogP contribution is 2.16. The molecule has 0 spiro atoms. The van der Waals surface area contributed by atoms with Gasteiger partial charge in [0.2, 0.25) is 0 Å². The number of nitrogens with one attached hydrogen (secondary N) is 1. The molecule has 0 unspecified atom stereocenters. The molecule has 0 saturated carbocycles. The van der Waals surface area contributed by atoms with Crippen LogP contribution in [0.3, 0.4) is 0 Å². The topological polar surface area (TPSA) is 47.6 Å². The van der Waals surface area contributed by atoms with E-state index < -0.39 is 0 Å². The summed E-state index contributed by atoms with van der Waals surface area (Å²) in [7, 11) is 1.38. The lowest BCUT2D eigenvalue weighted by atomic mass is 10.0. The molecule has 98 valence electrons. The molecule has 0 aromatic heterocycles. The highest BCUT2D eigenvalue weighted by Gasteiger charge is 2.13. The monoisotopic (exact) mass is 249 g/mol. The third-order valence-corrected chi connectivity index (χ3v) is 3.16. The Hall–Kier alpha value is -1.55. The molecule has 1 N–H and O–H groups in total. The first-order chi connectivity index (χ1) is 8.79. The molecule has 18 heavy (non-hydrogen) atoms. The number of hydrogen-bond acceptors (Lipinski definition) is 4. The van der Waals surface area contributed by atoms with Crippen molar-refractivity contribution >= 4 is 5.97 Å². The predicted molar refractivity (Wildman–Crippen MR) is 68.9 cm³/mol. The molecule has 2 rings (SSSR count). The molecule has 1 fully saturated rings. The summed E-state index contributed by atoms with van der Waals surface area (Å²) in [4.78, 5) is 11.3. The van der Waals surface area contributed by atoms with Gasteiger partial charge in [0.25, 0.3) is 0 Å². The van der Waals surface area contributed by atoms with Gasteiger partial charge in [-0.2, -0.15) is 0 Å². The van der Waals surface area contributed by atoms with E-state index in [4.69, 9.17) is 4.74 Å². The van der Waals surface area contributed by atoms with Gasteiger partial charge in [-0.3, -0.25) is 0 Å². The Kier molecular flexibility index (Phi) is 4.59. The van der Waals surface area contributed by atoms with E-state index in [1.54, 1.807) is 12.1 Å². The lowest BCUT2D eigenvalue weighted by Crippen LogP contribution is -2.33. The van der Waals surface area contributed by atoms with Crippen molar-refractivity contribution in [2.75, 3.05) is 26.8 Å². The fourth-order valence-corrected chi connectivity index (χ4v) is 2.09. The number of piperidine rings is 1. The maximum atomic E-state index is 11.3. The van der Waals surface area contributed by atoms with Crippen LogP contribution in [0.2, 0.25) is 0 Å². The van der Waals surface area contributed by atoms with E-state index in [2.05, 4.69) is 10.1 Å². The summed E-state index contributed by atoms with van der Waals surface area (Å²) in [6.45, 7) is 2.87. The Balaban J connectivity index is 1.84. The van der Waals surface area contributed by atoms with Crippen LogP contribution in [0.5, 0.6) is 5.75 Å². The lowest BCUT2D eigenvalue weighted by molar-refractivity contribution is 0.0600. The Morgan fingerprint density at radius 2 is 2.17 bits per heavy atom. The molecular weight excluding hydrogens is 230 g/mol. The third kappa shape index (κ3) is 3.47. The minimum absolute atomic E-state index is 0.321. The van der Waals surface area contributed by atoms with Crippen molar-refractivity contribution in [2.24, 2.45) is 5.92 Å². The van der Waals surface area contributed by atoms with Gasteiger partial charge < -0.3 is 14.8 Å². The Bertz CT molecular complexity index is 383. The Morgan fingerprint density at radius 1 is 1.39 bits per heavy atom. The van der Waals surface area contributed by atoms with Crippen molar-refractivity contribution in [3.63, 3.8) is 0 Å². The van der Waals surface area contributed by atoms with E-state index in [0.717, 1.165) is 25.4 Å². The molecule has 1 aromatic carbocycles. The van der Waals surface area contributed by atoms with Crippen LogP contribution in [0.25, 0.3) is 0 Å². The SMILES string of the molecule is COC(=O)c1ccc(OC[C@@H]2CCCNC2)cc1. The molecule has 0 radical (unpaired) electrons. The number of ether oxygens (including phenoxy) is 2. The molecule has 1 atom stereocenters. The van der Waals surface area contributed by atoms with Gasteiger partial charge >= 0.3 is 5.97 Å². The molecule has 4 heteroatoms. The van der Waals surface area contributed by atoms with Crippen LogP contribution in [0.4, 0.5) is 0 Å². The molecule has 0 bridgehead atoms. The summed E-state index contributed by atoms with van der Waals surface area (Å²) in [5, 5.41) is 3.36. The largest absolute Gasteiger partial charge is 0.493 e. The number of esters is 1. The standard InChI is InChI=1S/C14H19NO3/c1-17-14(16)12-4-6-13(7-5-12)18-10-11-3-2-8-15-9-11/h4-7,11,15H,2-3,8-10H2,1H3/t11-/m1/s1. The highest BCUT2D eigenvalue weighted by atomic mass is 16.5. The first-order valence-electron chi connectivity index (χ1n) is 6.31. The van der Waals surface area contributed by atoms with E-state index >= 15 is 0 Å². The van der Waals surface area contributed by atoms with Crippen molar-refractivity contribution in [3.8, 4) is 5.75 Å². The minimum Gasteiger partial charge on any atom is -0.493 e. The second-order valence-electron chi connectivity index (χ2n) is 4.54. The van der Waals surface area contributed by atoms with Gasteiger partial charge in [0.15, 0.2) is 0 Å². The zero-order valence-electron chi connectivity index (χ0n) is 10.6. The van der Waals surface area contributed by atoms with Gasteiger partial charge in [-0.25, -0.2) is 4.79 Å². The zero-order chi connectivity index (χ0) is 12.8. The van der Waals surface area contributed by atoms with Gasteiger partial charge in [-0.15, -0.1) is 0 Å². The van der Waals surface area contributed by atoms with Crippen LogP contribution < -0.4 is 10.1 Å². The second-order valence-corrected chi connectivity index (χ2v) is 4.54. The summed E-state index contributed by atoms with van der Waals surface area (Å²) in [5.74, 6) is 1.06. The molecule has 1 saturated heterocycles. The second kappa shape index (κ2) is 6.40. The van der Waals surface area contributed by atoms with Crippen LogP contribution in [0.1, 0.15) is 23.2 Å². The molecule has 0 amide bonds. The van der Waals surface area contributed by atoms with Gasteiger partial charge in [0, 0.05) is 12.5 Å². The van der Waals surface area contributed by atoms with Gasteiger partial charge in [-0.05, 0) is 43.7 Å². The number of benzene rings is 1. The Morgan fingerprint density at radius 3 is 2.78 bits per heavy atom. The van der Waals surface area contributed by atoms with Gasteiger partial charge in [-0.1, -0.05) is 0 Å². The maximum Gasteiger partial charge on any atom is 0.337 e. The minimum atomic E-state index is -0.321. The van der Waals surface area contributed by atoms with E-state index in [1.807, 2.05) is 12.1 Å². The van der Waals surface area contributed by atoms with Crippen molar-refractivity contribution < 1.29 is 14.3 Å². The molecule has 1 aliphatic rings.